The summed E-state index contributed by atoms with van der Waals surface area (Å²) in [6.07, 6.45) is 3.78. The van der Waals surface area contributed by atoms with Gasteiger partial charge in [0.2, 0.25) is 0 Å². The minimum Gasteiger partial charge on any atom is -0.318 e. The molecule has 3 aromatic carbocycles. The minimum atomic E-state index is 0.179. The zero-order valence-corrected chi connectivity index (χ0v) is 17.7. The van der Waals surface area contributed by atoms with Crippen molar-refractivity contribution in [2.45, 2.75) is 52.1 Å². The lowest BCUT2D eigenvalue weighted by Crippen LogP contribution is -2.56. The third kappa shape index (κ3) is 2.41. The molecule has 0 bridgehead atoms. The maximum Gasteiger partial charge on any atom is 0.117 e. The summed E-state index contributed by atoms with van der Waals surface area (Å²) >= 11 is 0. The van der Waals surface area contributed by atoms with Gasteiger partial charge in [0.05, 0.1) is 11.4 Å². The normalized spacial score (nSPS) is 21.5. The summed E-state index contributed by atoms with van der Waals surface area (Å²) in [5.74, 6) is 0.551. The first-order chi connectivity index (χ1) is 14.3. The van der Waals surface area contributed by atoms with Crippen molar-refractivity contribution >= 4 is 22.7 Å². The second kappa shape index (κ2) is 6.95. The Morgan fingerprint density at radius 2 is 1.21 bits per heavy atom. The van der Waals surface area contributed by atoms with Crippen molar-refractivity contribution in [3.8, 4) is 0 Å². The third-order valence-electron chi connectivity index (χ3n) is 7.43. The van der Waals surface area contributed by atoms with Crippen molar-refractivity contribution in [2.75, 3.05) is 9.80 Å². The number of hydrogen-bond acceptors (Lipinski definition) is 2. The summed E-state index contributed by atoms with van der Waals surface area (Å²) in [4.78, 5) is 5.25. The molecular formula is C27H30N2. The highest BCUT2D eigenvalue weighted by Gasteiger charge is 2.56. The van der Waals surface area contributed by atoms with Gasteiger partial charge in [0.25, 0.3) is 0 Å². The lowest BCUT2D eigenvalue weighted by molar-refractivity contribution is 0.144. The van der Waals surface area contributed by atoms with E-state index < -0.39 is 0 Å². The molecule has 2 heterocycles. The Labute approximate surface area is 174 Å². The fourth-order valence-corrected chi connectivity index (χ4v) is 6.12. The number of hydrogen-bond donors (Lipinski definition) is 0. The van der Waals surface area contributed by atoms with Crippen LogP contribution in [-0.2, 0) is 0 Å². The van der Waals surface area contributed by atoms with Crippen molar-refractivity contribution in [2.24, 2.45) is 5.41 Å². The highest BCUT2D eigenvalue weighted by molar-refractivity contribution is 5.90. The number of nitrogens with zero attached hydrogens (tertiary/aromatic N) is 2. The van der Waals surface area contributed by atoms with Crippen LogP contribution in [0.4, 0.5) is 22.7 Å². The highest BCUT2D eigenvalue weighted by Crippen LogP contribution is 2.63. The summed E-state index contributed by atoms with van der Waals surface area (Å²) in [5.41, 5.74) is 7.01. The fourth-order valence-electron chi connectivity index (χ4n) is 6.12. The van der Waals surface area contributed by atoms with Gasteiger partial charge in [-0.05, 0) is 61.1 Å². The number of fused-ring (bicyclic) bond motifs is 5. The topological polar surface area (TPSA) is 6.48 Å². The van der Waals surface area contributed by atoms with Crippen molar-refractivity contribution in [1.82, 2.24) is 0 Å². The molecule has 2 nitrogen and oxygen atoms in total. The number of benzene rings is 3. The standard InChI is InChI=1S/C27H30N2/c1-4-22-21-16-10-11-17-23(21)29-25-19-13-12-18-24(25)28(20-14-8-7-9-15-20)26(29)27(22,5-2)6-3/h7-19,22,26H,4-6H2,1-3H3. The second-order valence-corrected chi connectivity index (χ2v) is 8.40. The van der Waals surface area contributed by atoms with Crippen LogP contribution in [0.5, 0.6) is 0 Å². The van der Waals surface area contributed by atoms with Gasteiger partial charge in [0.1, 0.15) is 6.17 Å². The quantitative estimate of drug-likeness (QED) is 0.458. The lowest BCUT2D eigenvalue weighted by atomic mass is 9.62. The van der Waals surface area contributed by atoms with Crippen LogP contribution in [0.2, 0.25) is 0 Å². The molecule has 0 spiro atoms. The number of para-hydroxylation sites is 4. The molecule has 0 saturated heterocycles. The lowest BCUT2D eigenvalue weighted by Gasteiger charge is -2.55. The van der Waals surface area contributed by atoms with E-state index in [0.717, 1.165) is 12.8 Å². The second-order valence-electron chi connectivity index (χ2n) is 8.40. The summed E-state index contributed by atoms with van der Waals surface area (Å²) in [6, 6.07) is 29.0. The van der Waals surface area contributed by atoms with Gasteiger partial charge in [-0.3, -0.25) is 0 Å². The molecule has 2 heteroatoms. The molecule has 0 radical (unpaired) electrons. The Kier molecular flexibility index (Phi) is 4.38. The molecular weight excluding hydrogens is 352 g/mol. The first kappa shape index (κ1) is 18.3. The van der Waals surface area contributed by atoms with Crippen molar-refractivity contribution in [3.63, 3.8) is 0 Å². The van der Waals surface area contributed by atoms with Gasteiger partial charge >= 0.3 is 0 Å². The first-order valence-electron chi connectivity index (χ1n) is 11.1. The van der Waals surface area contributed by atoms with E-state index in [1.165, 1.54) is 34.7 Å². The predicted octanol–water partition coefficient (Wildman–Crippen LogP) is 7.62. The smallest absolute Gasteiger partial charge is 0.117 e. The Bertz CT molecular complexity index is 1010. The average Bonchev–Trinajstić information content (AvgIpc) is 3.14. The van der Waals surface area contributed by atoms with Gasteiger partial charge in [0.15, 0.2) is 0 Å². The van der Waals surface area contributed by atoms with E-state index >= 15 is 0 Å². The Balaban J connectivity index is 1.84. The van der Waals surface area contributed by atoms with Gasteiger partial charge in [-0.15, -0.1) is 0 Å². The summed E-state index contributed by atoms with van der Waals surface area (Å²) in [6.45, 7) is 7.15. The molecule has 0 aliphatic carbocycles. The third-order valence-corrected chi connectivity index (χ3v) is 7.43. The van der Waals surface area contributed by atoms with E-state index in [1.807, 2.05) is 0 Å². The summed E-state index contributed by atoms with van der Waals surface area (Å²) in [7, 11) is 0. The molecule has 0 N–H and O–H groups in total. The van der Waals surface area contributed by atoms with E-state index in [4.69, 9.17) is 0 Å². The highest BCUT2D eigenvalue weighted by atomic mass is 15.4. The molecule has 0 aromatic heterocycles. The number of anilines is 4. The monoisotopic (exact) mass is 382 g/mol. The predicted molar refractivity (Wildman–Crippen MR) is 123 cm³/mol. The Hall–Kier alpha value is -2.74. The zero-order chi connectivity index (χ0) is 20.0. The van der Waals surface area contributed by atoms with Crippen LogP contribution in [0.1, 0.15) is 51.5 Å². The van der Waals surface area contributed by atoms with Gasteiger partial charge in [-0.2, -0.15) is 0 Å². The van der Waals surface area contributed by atoms with Crippen molar-refractivity contribution in [1.29, 1.82) is 0 Å². The van der Waals surface area contributed by atoms with E-state index in [-0.39, 0.29) is 11.6 Å². The minimum absolute atomic E-state index is 0.179. The number of rotatable bonds is 4. The van der Waals surface area contributed by atoms with E-state index in [1.54, 1.807) is 0 Å². The van der Waals surface area contributed by atoms with Crippen LogP contribution in [0.25, 0.3) is 0 Å². The van der Waals surface area contributed by atoms with Crippen LogP contribution in [0, 0.1) is 5.41 Å². The molecule has 2 aliphatic rings. The first-order valence-corrected chi connectivity index (χ1v) is 11.1. The molecule has 0 saturated carbocycles. The average molecular weight is 383 g/mol. The van der Waals surface area contributed by atoms with Crippen LogP contribution in [0.15, 0.2) is 78.9 Å². The summed E-state index contributed by atoms with van der Waals surface area (Å²) in [5, 5.41) is 0. The van der Waals surface area contributed by atoms with E-state index in [9.17, 15) is 0 Å². The van der Waals surface area contributed by atoms with Crippen LogP contribution in [-0.4, -0.2) is 6.17 Å². The van der Waals surface area contributed by atoms with Crippen LogP contribution < -0.4 is 9.80 Å². The largest absolute Gasteiger partial charge is 0.318 e. The zero-order valence-electron chi connectivity index (χ0n) is 17.7. The molecule has 29 heavy (non-hydrogen) atoms. The van der Waals surface area contributed by atoms with Crippen molar-refractivity contribution < 1.29 is 0 Å². The molecule has 0 fully saturated rings. The molecule has 0 amide bonds. The SMILES string of the molecule is CCC1c2ccccc2N2c3ccccc3N(c3ccccc3)C2C1(CC)CC. The Morgan fingerprint density at radius 3 is 1.83 bits per heavy atom. The van der Waals surface area contributed by atoms with Gasteiger partial charge in [-0.25, -0.2) is 0 Å². The van der Waals surface area contributed by atoms with Gasteiger partial charge in [0, 0.05) is 16.8 Å². The fraction of sp³-hybridized carbons (Fsp3) is 0.333. The molecule has 2 unspecified atom stereocenters. The molecule has 3 aromatic rings. The summed E-state index contributed by atoms with van der Waals surface area (Å²) < 4.78 is 0. The molecule has 5 rings (SSSR count). The maximum absolute atomic E-state index is 2.64. The van der Waals surface area contributed by atoms with Crippen LogP contribution >= 0.6 is 0 Å². The molecule has 2 atom stereocenters. The molecule has 2 aliphatic heterocycles. The Morgan fingerprint density at radius 1 is 0.655 bits per heavy atom. The van der Waals surface area contributed by atoms with Gasteiger partial charge in [-0.1, -0.05) is 69.3 Å². The van der Waals surface area contributed by atoms with Gasteiger partial charge < -0.3 is 9.80 Å². The van der Waals surface area contributed by atoms with Crippen molar-refractivity contribution in [3.05, 3.63) is 84.4 Å². The maximum atomic E-state index is 2.64. The van der Waals surface area contributed by atoms with E-state index in [0.29, 0.717) is 5.92 Å². The van der Waals surface area contributed by atoms with E-state index in [2.05, 4.69) is 109 Å². The van der Waals surface area contributed by atoms with Crippen LogP contribution in [0.3, 0.4) is 0 Å². The molecule has 148 valence electrons.